The molecule has 7 nitrogen and oxygen atoms in total. The Balaban J connectivity index is 1.58. The van der Waals surface area contributed by atoms with Gasteiger partial charge in [-0.05, 0) is 19.0 Å². The van der Waals surface area contributed by atoms with E-state index in [9.17, 15) is 4.79 Å². The van der Waals surface area contributed by atoms with Gasteiger partial charge in [0.1, 0.15) is 5.56 Å². The van der Waals surface area contributed by atoms with Crippen LogP contribution < -0.4 is 5.32 Å². The predicted molar refractivity (Wildman–Crippen MR) is 91.1 cm³/mol. The summed E-state index contributed by atoms with van der Waals surface area (Å²) in [6.45, 7) is 2.97. The first-order chi connectivity index (χ1) is 11.8. The van der Waals surface area contributed by atoms with E-state index in [4.69, 9.17) is 0 Å². The molecule has 1 saturated heterocycles. The molecule has 1 N–H and O–H groups in total. The van der Waals surface area contributed by atoms with Crippen LogP contribution in [0.4, 0.5) is 0 Å². The molecule has 4 rings (SSSR count). The van der Waals surface area contributed by atoms with Gasteiger partial charge in [0.2, 0.25) is 0 Å². The lowest BCUT2D eigenvalue weighted by atomic mass is 10.0. The number of rotatable bonds is 4. The van der Waals surface area contributed by atoms with E-state index >= 15 is 0 Å². The van der Waals surface area contributed by atoms with Crippen LogP contribution in [0.2, 0.25) is 0 Å². The van der Waals surface area contributed by atoms with Crippen molar-refractivity contribution in [2.24, 2.45) is 0 Å². The van der Waals surface area contributed by atoms with Crippen LogP contribution in [0, 0.1) is 0 Å². The number of fused-ring (bicyclic) bond motifs is 1. The van der Waals surface area contributed by atoms with Crippen molar-refractivity contribution >= 4 is 22.9 Å². The van der Waals surface area contributed by atoms with Crippen molar-refractivity contribution in [1.29, 1.82) is 0 Å². The molecule has 0 spiro atoms. The summed E-state index contributed by atoms with van der Waals surface area (Å²) in [6.07, 6.45) is 6.37. The van der Waals surface area contributed by atoms with Gasteiger partial charge >= 0.3 is 0 Å². The number of likely N-dealkylation sites (tertiary alicyclic amines) is 1. The summed E-state index contributed by atoms with van der Waals surface area (Å²) in [5.74, 6) is 0.230. The van der Waals surface area contributed by atoms with Gasteiger partial charge in [-0.1, -0.05) is 0 Å². The van der Waals surface area contributed by atoms with Gasteiger partial charge < -0.3 is 5.32 Å². The fraction of sp³-hybridized carbons (Fsp3) is 0.375. The molecule has 4 heterocycles. The summed E-state index contributed by atoms with van der Waals surface area (Å²) in [4.78, 5) is 24.1. The van der Waals surface area contributed by atoms with Crippen LogP contribution in [-0.4, -0.2) is 50.5 Å². The maximum absolute atomic E-state index is 11.9. The Morgan fingerprint density at radius 1 is 1.46 bits per heavy atom. The average molecular weight is 342 g/mol. The lowest BCUT2D eigenvalue weighted by Gasteiger charge is -2.15. The van der Waals surface area contributed by atoms with Crippen molar-refractivity contribution in [3.63, 3.8) is 0 Å². The first-order valence-corrected chi connectivity index (χ1v) is 8.78. The number of carbonyl (C=O) groups excluding carboxylic acids is 1. The van der Waals surface area contributed by atoms with Gasteiger partial charge in [-0.15, -0.1) is 11.3 Å². The molecule has 24 heavy (non-hydrogen) atoms. The van der Waals surface area contributed by atoms with Crippen molar-refractivity contribution in [3.8, 4) is 0 Å². The van der Waals surface area contributed by atoms with Crippen LogP contribution in [-0.2, 0) is 6.54 Å². The van der Waals surface area contributed by atoms with E-state index in [2.05, 4.69) is 25.3 Å². The monoisotopic (exact) mass is 342 g/mol. The molecule has 3 aromatic heterocycles. The Morgan fingerprint density at radius 3 is 3.17 bits per heavy atom. The maximum Gasteiger partial charge on any atom is 0.256 e. The third kappa shape index (κ3) is 2.67. The van der Waals surface area contributed by atoms with Crippen LogP contribution in [0.15, 0.2) is 30.2 Å². The number of hydrogen-bond acceptors (Lipinski definition) is 6. The first-order valence-electron chi connectivity index (χ1n) is 7.90. The smallest absolute Gasteiger partial charge is 0.256 e. The van der Waals surface area contributed by atoms with E-state index in [0.29, 0.717) is 17.1 Å². The van der Waals surface area contributed by atoms with Gasteiger partial charge in [0.05, 0.1) is 17.4 Å². The predicted octanol–water partition coefficient (Wildman–Crippen LogP) is 1.53. The molecule has 1 amide bonds. The first kappa shape index (κ1) is 15.2. The minimum atomic E-state index is -0.159. The molecule has 3 aromatic rings. The van der Waals surface area contributed by atoms with Crippen LogP contribution in [0.1, 0.15) is 33.3 Å². The summed E-state index contributed by atoms with van der Waals surface area (Å²) in [7, 11) is 1.62. The number of hydrogen-bond donors (Lipinski definition) is 1. The van der Waals surface area contributed by atoms with Crippen LogP contribution >= 0.6 is 11.3 Å². The molecule has 1 aliphatic rings. The SMILES string of the molecule is CNC(=O)c1cnn2c([C@H]3CCN(Cc4cncs4)C3)ccnc12. The largest absolute Gasteiger partial charge is 0.355 e. The van der Waals surface area contributed by atoms with E-state index in [1.54, 1.807) is 30.8 Å². The number of nitrogens with zero attached hydrogens (tertiary/aromatic N) is 5. The van der Waals surface area contributed by atoms with Crippen molar-refractivity contribution in [2.45, 2.75) is 18.9 Å². The topological polar surface area (TPSA) is 75.4 Å². The quantitative estimate of drug-likeness (QED) is 0.778. The Bertz CT molecular complexity index is 859. The second kappa shape index (κ2) is 6.29. The Hall–Kier alpha value is -2.32. The van der Waals surface area contributed by atoms with Crippen molar-refractivity contribution in [3.05, 3.63) is 46.3 Å². The third-order valence-electron chi connectivity index (χ3n) is 4.46. The molecule has 8 heteroatoms. The molecule has 124 valence electrons. The highest BCUT2D eigenvalue weighted by molar-refractivity contribution is 7.09. The normalized spacial score (nSPS) is 18.3. The van der Waals surface area contributed by atoms with Crippen LogP contribution in [0.25, 0.3) is 5.65 Å². The number of aromatic nitrogens is 4. The number of amides is 1. The van der Waals surface area contributed by atoms with Gasteiger partial charge in [-0.2, -0.15) is 5.10 Å². The average Bonchev–Trinajstić information content (AvgIpc) is 3.34. The molecule has 1 atom stereocenters. The lowest BCUT2D eigenvalue weighted by Crippen LogP contribution is -2.20. The molecule has 0 aliphatic carbocycles. The molecular weight excluding hydrogens is 324 g/mol. The number of nitrogens with one attached hydrogen (secondary N) is 1. The van der Waals surface area contributed by atoms with E-state index < -0.39 is 0 Å². The Labute approximate surface area is 143 Å². The minimum absolute atomic E-state index is 0.159. The lowest BCUT2D eigenvalue weighted by molar-refractivity contribution is 0.0964. The van der Waals surface area contributed by atoms with E-state index in [0.717, 1.165) is 31.7 Å². The molecule has 1 fully saturated rings. The molecule has 0 unspecified atom stereocenters. The van der Waals surface area contributed by atoms with E-state index in [1.807, 2.05) is 22.3 Å². The Kier molecular flexibility index (Phi) is 3.99. The fourth-order valence-corrected chi connectivity index (χ4v) is 3.91. The highest BCUT2D eigenvalue weighted by atomic mass is 32.1. The van der Waals surface area contributed by atoms with Crippen molar-refractivity contribution in [1.82, 2.24) is 29.8 Å². The van der Waals surface area contributed by atoms with Crippen LogP contribution in [0.5, 0.6) is 0 Å². The van der Waals surface area contributed by atoms with Gasteiger partial charge in [0.15, 0.2) is 5.65 Å². The zero-order chi connectivity index (χ0) is 16.5. The third-order valence-corrected chi connectivity index (χ3v) is 5.22. The van der Waals surface area contributed by atoms with Gasteiger partial charge in [-0.25, -0.2) is 9.50 Å². The zero-order valence-electron chi connectivity index (χ0n) is 13.3. The highest BCUT2D eigenvalue weighted by Crippen LogP contribution is 2.29. The molecule has 0 aromatic carbocycles. The van der Waals surface area contributed by atoms with E-state index in [-0.39, 0.29) is 5.91 Å². The maximum atomic E-state index is 11.9. The number of carbonyl (C=O) groups is 1. The zero-order valence-corrected chi connectivity index (χ0v) is 14.2. The second-order valence-electron chi connectivity index (χ2n) is 5.93. The van der Waals surface area contributed by atoms with Crippen molar-refractivity contribution in [2.75, 3.05) is 20.1 Å². The summed E-state index contributed by atoms with van der Waals surface area (Å²) >= 11 is 1.69. The molecular formula is C16H18N6OS. The van der Waals surface area contributed by atoms with Gasteiger partial charge in [-0.3, -0.25) is 14.7 Å². The summed E-state index contributed by atoms with van der Waals surface area (Å²) < 4.78 is 1.81. The highest BCUT2D eigenvalue weighted by Gasteiger charge is 2.27. The van der Waals surface area contributed by atoms with Gasteiger partial charge in [0.25, 0.3) is 5.91 Å². The fourth-order valence-electron chi connectivity index (χ4n) is 3.27. The van der Waals surface area contributed by atoms with Crippen LogP contribution in [0.3, 0.4) is 0 Å². The Morgan fingerprint density at radius 2 is 2.38 bits per heavy atom. The molecule has 1 aliphatic heterocycles. The molecule has 0 bridgehead atoms. The number of thiazole rings is 1. The summed E-state index contributed by atoms with van der Waals surface area (Å²) in [5, 5.41) is 7.03. The minimum Gasteiger partial charge on any atom is -0.355 e. The summed E-state index contributed by atoms with van der Waals surface area (Å²) in [5.41, 5.74) is 4.12. The molecule has 0 saturated carbocycles. The van der Waals surface area contributed by atoms with Gasteiger partial charge in [0, 0.05) is 43.3 Å². The van der Waals surface area contributed by atoms with E-state index in [1.165, 1.54) is 4.88 Å². The standard InChI is InChI=1S/C16H18N6OS/c1-17-16(23)13-7-20-22-14(2-4-19-15(13)22)11-3-5-21(8-11)9-12-6-18-10-24-12/h2,4,6-7,10-11H,3,5,8-9H2,1H3,(H,17,23)/t11-/m0/s1. The van der Waals surface area contributed by atoms with Crippen molar-refractivity contribution < 1.29 is 4.79 Å². The second-order valence-corrected chi connectivity index (χ2v) is 6.90. The molecule has 0 radical (unpaired) electrons. The summed E-state index contributed by atoms with van der Waals surface area (Å²) in [6, 6.07) is 2.01.